The number of nitrogens with zero attached hydrogens (tertiary/aromatic N) is 3. The van der Waals surface area contributed by atoms with Crippen LogP contribution < -0.4 is 10.6 Å². The van der Waals surface area contributed by atoms with E-state index in [-0.39, 0.29) is 18.0 Å². The van der Waals surface area contributed by atoms with Crippen molar-refractivity contribution < 1.29 is 13.7 Å². The number of aromatic nitrogens is 3. The number of carbonyl (C=O) groups excluding carboxylic acids is 1. The molecule has 1 atom stereocenters. The van der Waals surface area contributed by atoms with Crippen molar-refractivity contribution in [3.8, 4) is 0 Å². The molecule has 4 rings (SSSR count). The quantitative estimate of drug-likeness (QED) is 0.883. The number of amides is 1. The van der Waals surface area contributed by atoms with Gasteiger partial charge in [0.15, 0.2) is 11.5 Å². The number of fused-ring (bicyclic) bond motifs is 1. The van der Waals surface area contributed by atoms with Gasteiger partial charge in [-0.15, -0.1) is 0 Å². The van der Waals surface area contributed by atoms with E-state index >= 15 is 0 Å². The zero-order valence-corrected chi connectivity index (χ0v) is 13.8. The normalized spacial score (nSPS) is 20.3. The maximum absolute atomic E-state index is 12.9. The number of nitrogens with one attached hydrogen (secondary N) is 2. The Kier molecular flexibility index (Phi) is 4.33. The molecule has 1 amide bonds. The fourth-order valence-electron chi connectivity index (χ4n) is 3.60. The van der Waals surface area contributed by atoms with Gasteiger partial charge in [-0.25, -0.2) is 14.4 Å². The Morgan fingerprint density at radius 1 is 1.16 bits per heavy atom. The molecule has 2 N–H and O–H groups in total. The zero-order chi connectivity index (χ0) is 17.2. The first-order valence-corrected chi connectivity index (χ1v) is 8.71. The molecule has 0 aromatic carbocycles. The molecule has 132 valence electrons. The number of hydrogen-bond donors (Lipinski definition) is 2. The van der Waals surface area contributed by atoms with Crippen LogP contribution in [-0.2, 0) is 12.8 Å². The van der Waals surface area contributed by atoms with Gasteiger partial charge in [-0.2, -0.15) is 0 Å². The second kappa shape index (κ2) is 6.78. The number of carbonyl (C=O) groups is 1. The average molecular weight is 345 g/mol. The van der Waals surface area contributed by atoms with Crippen molar-refractivity contribution in [1.82, 2.24) is 20.4 Å². The van der Waals surface area contributed by atoms with Gasteiger partial charge < -0.3 is 15.2 Å². The first kappa shape index (κ1) is 16.0. The van der Waals surface area contributed by atoms with Crippen molar-refractivity contribution in [3.05, 3.63) is 35.2 Å². The Hall–Kier alpha value is -2.51. The average Bonchev–Trinajstić information content (AvgIpc) is 3.26. The van der Waals surface area contributed by atoms with Crippen molar-refractivity contribution in [3.63, 3.8) is 0 Å². The van der Waals surface area contributed by atoms with Gasteiger partial charge in [0.1, 0.15) is 5.76 Å². The molecule has 1 fully saturated rings. The molecule has 8 heteroatoms. The third-order valence-corrected chi connectivity index (χ3v) is 4.90. The highest BCUT2D eigenvalue weighted by atomic mass is 19.1. The fraction of sp³-hybridized carbons (Fsp3) is 0.529. The van der Waals surface area contributed by atoms with Crippen LogP contribution in [-0.4, -0.2) is 33.1 Å². The zero-order valence-electron chi connectivity index (χ0n) is 13.8. The van der Waals surface area contributed by atoms with Crippen LogP contribution in [0.4, 0.5) is 10.3 Å². The van der Waals surface area contributed by atoms with Gasteiger partial charge in [0, 0.05) is 24.1 Å². The van der Waals surface area contributed by atoms with Crippen molar-refractivity contribution in [1.29, 1.82) is 0 Å². The lowest BCUT2D eigenvalue weighted by Gasteiger charge is -2.22. The monoisotopic (exact) mass is 345 g/mol. The fourth-order valence-corrected chi connectivity index (χ4v) is 3.60. The van der Waals surface area contributed by atoms with E-state index in [4.69, 9.17) is 4.52 Å². The molecular formula is C17H20FN5O2. The SMILES string of the molecule is O=C(NC1CCCC1)c1noc2c1CC(Nc1ncc(F)cn1)CC2. The minimum Gasteiger partial charge on any atom is -0.360 e. The van der Waals surface area contributed by atoms with Crippen LogP contribution in [0, 0.1) is 5.82 Å². The summed E-state index contributed by atoms with van der Waals surface area (Å²) in [7, 11) is 0. The molecule has 2 heterocycles. The number of hydrogen-bond acceptors (Lipinski definition) is 6. The molecule has 0 bridgehead atoms. The summed E-state index contributed by atoms with van der Waals surface area (Å²) < 4.78 is 18.3. The first-order chi connectivity index (χ1) is 12.2. The van der Waals surface area contributed by atoms with E-state index < -0.39 is 5.82 Å². The van der Waals surface area contributed by atoms with E-state index in [9.17, 15) is 9.18 Å². The highest BCUT2D eigenvalue weighted by Gasteiger charge is 2.30. The molecule has 0 radical (unpaired) electrons. The summed E-state index contributed by atoms with van der Waals surface area (Å²) in [6.45, 7) is 0. The molecule has 0 spiro atoms. The second-order valence-corrected chi connectivity index (χ2v) is 6.70. The van der Waals surface area contributed by atoms with E-state index in [0.717, 1.165) is 55.8 Å². The van der Waals surface area contributed by atoms with Crippen molar-refractivity contribution >= 4 is 11.9 Å². The minimum absolute atomic E-state index is 0.0513. The molecule has 2 aliphatic carbocycles. The van der Waals surface area contributed by atoms with Gasteiger partial charge in [0.2, 0.25) is 5.95 Å². The maximum atomic E-state index is 12.9. The van der Waals surface area contributed by atoms with E-state index in [2.05, 4.69) is 25.8 Å². The van der Waals surface area contributed by atoms with E-state index in [1.165, 1.54) is 0 Å². The highest BCUT2D eigenvalue weighted by molar-refractivity contribution is 5.94. The smallest absolute Gasteiger partial charge is 0.273 e. The molecule has 25 heavy (non-hydrogen) atoms. The summed E-state index contributed by atoms with van der Waals surface area (Å²) >= 11 is 0. The summed E-state index contributed by atoms with van der Waals surface area (Å²) in [6, 6.07) is 0.292. The lowest BCUT2D eigenvalue weighted by Crippen LogP contribution is -2.34. The number of aryl methyl sites for hydroxylation is 1. The number of anilines is 1. The van der Waals surface area contributed by atoms with Crippen LogP contribution in [0.5, 0.6) is 0 Å². The van der Waals surface area contributed by atoms with Crippen molar-refractivity contribution in [2.75, 3.05) is 5.32 Å². The highest BCUT2D eigenvalue weighted by Crippen LogP contribution is 2.26. The minimum atomic E-state index is -0.471. The van der Waals surface area contributed by atoms with Crippen LogP contribution in [0.15, 0.2) is 16.9 Å². The molecule has 0 aliphatic heterocycles. The molecule has 1 unspecified atom stereocenters. The van der Waals surface area contributed by atoms with Crippen LogP contribution >= 0.6 is 0 Å². The van der Waals surface area contributed by atoms with E-state index in [1.807, 2.05) is 0 Å². The van der Waals surface area contributed by atoms with E-state index in [1.54, 1.807) is 0 Å². The summed E-state index contributed by atoms with van der Waals surface area (Å²) in [5.74, 6) is 0.523. The summed E-state index contributed by atoms with van der Waals surface area (Å²) in [5, 5.41) is 10.2. The Morgan fingerprint density at radius 3 is 2.68 bits per heavy atom. The van der Waals surface area contributed by atoms with Crippen LogP contribution in [0.2, 0.25) is 0 Å². The molecule has 7 nitrogen and oxygen atoms in total. The van der Waals surface area contributed by atoms with Crippen LogP contribution in [0.1, 0.15) is 53.9 Å². The summed E-state index contributed by atoms with van der Waals surface area (Å²) in [5.41, 5.74) is 1.23. The van der Waals surface area contributed by atoms with Gasteiger partial charge in [-0.05, 0) is 25.7 Å². The topological polar surface area (TPSA) is 92.9 Å². The molecule has 2 aliphatic rings. The second-order valence-electron chi connectivity index (χ2n) is 6.70. The summed E-state index contributed by atoms with van der Waals surface area (Å²) in [6.07, 6.45) is 8.73. The van der Waals surface area contributed by atoms with Crippen molar-refractivity contribution in [2.45, 2.75) is 57.0 Å². The predicted molar refractivity (Wildman–Crippen MR) is 87.7 cm³/mol. The Labute approximate surface area is 144 Å². The lowest BCUT2D eigenvalue weighted by atomic mass is 9.92. The molecule has 1 saturated carbocycles. The standard InChI is InChI=1S/C17H20FN5O2/c18-10-8-19-17(20-9-10)22-12-5-6-14-13(7-12)15(23-25-14)16(24)21-11-3-1-2-4-11/h8-9,11-12H,1-7H2,(H,21,24)(H,19,20,22). The molecule has 0 saturated heterocycles. The third-order valence-electron chi connectivity index (χ3n) is 4.90. The molecule has 2 aromatic rings. The van der Waals surface area contributed by atoms with Gasteiger partial charge in [0.25, 0.3) is 5.91 Å². The van der Waals surface area contributed by atoms with Crippen LogP contribution in [0.3, 0.4) is 0 Å². The lowest BCUT2D eigenvalue weighted by molar-refractivity contribution is 0.0928. The van der Waals surface area contributed by atoms with Gasteiger partial charge >= 0.3 is 0 Å². The van der Waals surface area contributed by atoms with Gasteiger partial charge in [-0.1, -0.05) is 18.0 Å². The summed E-state index contributed by atoms with van der Waals surface area (Å²) in [4.78, 5) is 20.4. The number of halogens is 1. The Morgan fingerprint density at radius 2 is 1.92 bits per heavy atom. The largest absolute Gasteiger partial charge is 0.360 e. The Balaban J connectivity index is 1.45. The van der Waals surface area contributed by atoms with Gasteiger partial charge in [0.05, 0.1) is 12.4 Å². The van der Waals surface area contributed by atoms with E-state index in [0.29, 0.717) is 24.5 Å². The van der Waals surface area contributed by atoms with Crippen molar-refractivity contribution in [2.24, 2.45) is 0 Å². The molecular weight excluding hydrogens is 325 g/mol. The number of rotatable bonds is 4. The van der Waals surface area contributed by atoms with Gasteiger partial charge in [-0.3, -0.25) is 4.79 Å². The molecule has 2 aromatic heterocycles. The first-order valence-electron chi connectivity index (χ1n) is 8.71. The third kappa shape index (κ3) is 3.47. The maximum Gasteiger partial charge on any atom is 0.273 e. The van der Waals surface area contributed by atoms with Crippen LogP contribution in [0.25, 0.3) is 0 Å². The Bertz CT molecular complexity index is 755. The predicted octanol–water partition coefficient (Wildman–Crippen LogP) is 2.25.